The molecule has 4 nitrogen and oxygen atoms in total. The molecule has 0 bridgehead atoms. The number of halogens is 1. The number of aromatic nitrogens is 2. The minimum atomic E-state index is -0.0642. The molecule has 0 radical (unpaired) electrons. The molecule has 0 atom stereocenters. The van der Waals surface area contributed by atoms with Gasteiger partial charge in [-0.1, -0.05) is 13.8 Å². The van der Waals surface area contributed by atoms with Crippen molar-refractivity contribution in [1.29, 1.82) is 0 Å². The second kappa shape index (κ2) is 6.94. The molecule has 1 N–H and O–H groups in total. The van der Waals surface area contributed by atoms with Crippen molar-refractivity contribution in [2.24, 2.45) is 5.41 Å². The van der Waals surface area contributed by atoms with Gasteiger partial charge in [-0.05, 0) is 32.1 Å². The minimum absolute atomic E-state index is 0.0642. The number of rotatable bonds is 7. The first kappa shape index (κ1) is 16.0. The SMILES string of the molecule is CC(C)n1ccnc(NCC(C)(C)CCCCl)c1=O. The molecule has 1 heterocycles. The van der Waals surface area contributed by atoms with Crippen LogP contribution in [0.2, 0.25) is 0 Å². The van der Waals surface area contributed by atoms with Gasteiger partial charge in [-0.15, -0.1) is 11.6 Å². The van der Waals surface area contributed by atoms with Gasteiger partial charge in [-0.2, -0.15) is 0 Å². The van der Waals surface area contributed by atoms with Crippen LogP contribution in [0.3, 0.4) is 0 Å². The predicted octanol–water partition coefficient (Wildman–Crippen LogP) is 3.28. The lowest BCUT2D eigenvalue weighted by molar-refractivity contribution is 0.355. The largest absolute Gasteiger partial charge is 0.365 e. The molecule has 0 aliphatic carbocycles. The highest BCUT2D eigenvalue weighted by atomic mass is 35.5. The Hall–Kier alpha value is -1.03. The van der Waals surface area contributed by atoms with Gasteiger partial charge in [0.1, 0.15) is 0 Å². The second-order valence-corrected chi connectivity index (χ2v) is 6.27. The molecule has 1 rings (SSSR count). The lowest BCUT2D eigenvalue weighted by Crippen LogP contribution is -2.30. The van der Waals surface area contributed by atoms with E-state index in [2.05, 4.69) is 24.1 Å². The van der Waals surface area contributed by atoms with Crippen LogP contribution in [-0.4, -0.2) is 22.0 Å². The van der Waals surface area contributed by atoms with Crippen LogP contribution in [-0.2, 0) is 0 Å². The summed E-state index contributed by atoms with van der Waals surface area (Å²) >= 11 is 5.72. The van der Waals surface area contributed by atoms with Gasteiger partial charge in [0.25, 0.3) is 5.56 Å². The molecule has 0 amide bonds. The van der Waals surface area contributed by atoms with Crippen molar-refractivity contribution in [1.82, 2.24) is 9.55 Å². The van der Waals surface area contributed by atoms with Crippen molar-refractivity contribution in [2.75, 3.05) is 17.7 Å². The Morgan fingerprint density at radius 2 is 2.16 bits per heavy atom. The maximum Gasteiger partial charge on any atom is 0.293 e. The second-order valence-electron chi connectivity index (χ2n) is 5.89. The van der Waals surface area contributed by atoms with Gasteiger partial charge in [0, 0.05) is 30.9 Å². The van der Waals surface area contributed by atoms with Gasteiger partial charge in [0.05, 0.1) is 0 Å². The molecule has 0 saturated heterocycles. The Kier molecular flexibility index (Phi) is 5.85. The summed E-state index contributed by atoms with van der Waals surface area (Å²) in [5.41, 5.74) is 0.0345. The van der Waals surface area contributed by atoms with Gasteiger partial charge in [-0.3, -0.25) is 4.79 Å². The van der Waals surface area contributed by atoms with Crippen LogP contribution in [0, 0.1) is 5.41 Å². The summed E-state index contributed by atoms with van der Waals surface area (Å²) < 4.78 is 1.68. The summed E-state index contributed by atoms with van der Waals surface area (Å²) in [7, 11) is 0. The van der Waals surface area contributed by atoms with Gasteiger partial charge < -0.3 is 9.88 Å². The normalized spacial score (nSPS) is 11.9. The van der Waals surface area contributed by atoms with Crippen molar-refractivity contribution in [3.8, 4) is 0 Å². The van der Waals surface area contributed by atoms with Gasteiger partial charge >= 0.3 is 0 Å². The van der Waals surface area contributed by atoms with E-state index in [9.17, 15) is 4.79 Å². The average molecular weight is 286 g/mol. The van der Waals surface area contributed by atoms with Crippen LogP contribution in [0.15, 0.2) is 17.2 Å². The molecule has 1 aromatic heterocycles. The Bertz CT molecular complexity index is 454. The van der Waals surface area contributed by atoms with Crippen LogP contribution in [0.1, 0.15) is 46.6 Å². The summed E-state index contributed by atoms with van der Waals surface area (Å²) in [6.45, 7) is 9.01. The van der Waals surface area contributed by atoms with E-state index in [1.165, 1.54) is 0 Å². The van der Waals surface area contributed by atoms with Crippen molar-refractivity contribution in [2.45, 2.75) is 46.6 Å². The third-order valence-corrected chi connectivity index (χ3v) is 3.41. The minimum Gasteiger partial charge on any atom is -0.365 e. The fourth-order valence-electron chi connectivity index (χ4n) is 1.91. The molecule has 0 aliphatic heterocycles. The first-order valence-electron chi connectivity index (χ1n) is 6.74. The van der Waals surface area contributed by atoms with E-state index in [1.807, 2.05) is 13.8 Å². The first-order chi connectivity index (χ1) is 8.87. The van der Waals surface area contributed by atoms with Gasteiger partial charge in [0.15, 0.2) is 5.82 Å². The standard InChI is InChI=1S/C14H24ClN3O/c1-11(2)18-9-8-16-12(13(18)19)17-10-14(3,4)6-5-7-15/h8-9,11H,5-7,10H2,1-4H3,(H,16,17). The van der Waals surface area contributed by atoms with E-state index < -0.39 is 0 Å². The number of nitrogens with one attached hydrogen (secondary N) is 1. The zero-order valence-corrected chi connectivity index (χ0v) is 13.0. The summed E-state index contributed by atoms with van der Waals surface area (Å²) in [6.07, 6.45) is 5.38. The highest BCUT2D eigenvalue weighted by Crippen LogP contribution is 2.22. The fourth-order valence-corrected chi connectivity index (χ4v) is 2.04. The fraction of sp³-hybridized carbons (Fsp3) is 0.714. The first-order valence-corrected chi connectivity index (χ1v) is 7.28. The molecule has 0 aliphatic rings. The molecular formula is C14H24ClN3O. The molecule has 0 aromatic carbocycles. The maximum absolute atomic E-state index is 12.2. The van der Waals surface area contributed by atoms with E-state index in [1.54, 1.807) is 17.0 Å². The van der Waals surface area contributed by atoms with E-state index in [-0.39, 0.29) is 17.0 Å². The number of alkyl halides is 1. The predicted molar refractivity (Wildman–Crippen MR) is 81.1 cm³/mol. The monoisotopic (exact) mass is 285 g/mol. The molecule has 0 saturated carbocycles. The topological polar surface area (TPSA) is 46.9 Å². The van der Waals surface area contributed by atoms with E-state index in [0.717, 1.165) is 12.8 Å². The van der Waals surface area contributed by atoms with Crippen LogP contribution < -0.4 is 10.9 Å². The molecular weight excluding hydrogens is 262 g/mol. The van der Waals surface area contributed by atoms with Crippen LogP contribution in [0.5, 0.6) is 0 Å². The Labute approximate surface area is 120 Å². The molecule has 19 heavy (non-hydrogen) atoms. The van der Waals surface area contributed by atoms with Crippen LogP contribution >= 0.6 is 11.6 Å². The van der Waals surface area contributed by atoms with Gasteiger partial charge in [0.2, 0.25) is 0 Å². The Morgan fingerprint density at radius 1 is 1.47 bits per heavy atom. The van der Waals surface area contributed by atoms with Crippen molar-refractivity contribution in [3.05, 3.63) is 22.7 Å². The molecule has 0 fully saturated rings. The molecule has 1 aromatic rings. The smallest absolute Gasteiger partial charge is 0.293 e. The third-order valence-electron chi connectivity index (χ3n) is 3.15. The molecule has 5 heteroatoms. The van der Waals surface area contributed by atoms with E-state index in [0.29, 0.717) is 18.2 Å². The zero-order chi connectivity index (χ0) is 14.5. The average Bonchev–Trinajstić information content (AvgIpc) is 2.35. The summed E-state index contributed by atoms with van der Waals surface area (Å²) in [6, 6.07) is 0.139. The van der Waals surface area contributed by atoms with Crippen molar-refractivity contribution in [3.63, 3.8) is 0 Å². The Balaban J connectivity index is 2.73. The highest BCUT2D eigenvalue weighted by Gasteiger charge is 2.18. The molecule has 0 spiro atoms. The van der Waals surface area contributed by atoms with Crippen LogP contribution in [0.25, 0.3) is 0 Å². The van der Waals surface area contributed by atoms with E-state index >= 15 is 0 Å². The third kappa shape index (κ3) is 4.86. The maximum atomic E-state index is 12.2. The van der Waals surface area contributed by atoms with Gasteiger partial charge in [-0.25, -0.2) is 4.98 Å². The van der Waals surface area contributed by atoms with Crippen molar-refractivity contribution < 1.29 is 0 Å². The Morgan fingerprint density at radius 3 is 2.74 bits per heavy atom. The highest BCUT2D eigenvalue weighted by molar-refractivity contribution is 6.17. The quantitative estimate of drug-likeness (QED) is 0.782. The summed E-state index contributed by atoms with van der Waals surface area (Å²) in [5, 5.41) is 3.17. The van der Waals surface area contributed by atoms with E-state index in [4.69, 9.17) is 11.6 Å². The summed E-state index contributed by atoms with van der Waals surface area (Å²) in [4.78, 5) is 16.3. The lowest BCUT2D eigenvalue weighted by atomic mass is 9.88. The number of hydrogen-bond donors (Lipinski definition) is 1. The lowest BCUT2D eigenvalue weighted by Gasteiger charge is -2.24. The van der Waals surface area contributed by atoms with Crippen molar-refractivity contribution >= 4 is 17.4 Å². The molecule has 108 valence electrons. The number of hydrogen-bond acceptors (Lipinski definition) is 3. The van der Waals surface area contributed by atoms with Crippen LogP contribution in [0.4, 0.5) is 5.82 Å². The number of anilines is 1. The number of nitrogens with zero attached hydrogens (tertiary/aromatic N) is 2. The zero-order valence-electron chi connectivity index (χ0n) is 12.2. The molecule has 0 unspecified atom stereocenters. The summed E-state index contributed by atoms with van der Waals surface area (Å²) in [5.74, 6) is 1.10.